The molecule has 0 spiro atoms. The Balaban J connectivity index is 1.60. The number of para-hydroxylation sites is 2. The molecule has 3 rings (SSSR count). The molecule has 3 aromatic rings. The van der Waals surface area contributed by atoms with Crippen molar-refractivity contribution >= 4 is 46.3 Å². The Bertz CT molecular complexity index is 1670. The summed E-state index contributed by atoms with van der Waals surface area (Å²) >= 11 is 0. The van der Waals surface area contributed by atoms with Gasteiger partial charge in [-0.3, -0.25) is 28.8 Å². The number of aliphatic hydroxyl groups excluding tert-OH is 1. The zero-order valence-electron chi connectivity index (χ0n) is 26.4. The minimum atomic E-state index is -1.58. The maximum absolute atomic E-state index is 13.9. The van der Waals surface area contributed by atoms with Crippen LogP contribution < -0.4 is 26.0 Å². The smallest absolute Gasteiger partial charge is 0.308 e. The number of carbonyl (C=O) groups excluding carboxylic acids is 6. The number of ketones is 1. The molecule has 0 bridgehead atoms. The second-order valence-corrected chi connectivity index (χ2v) is 10.7. The third-order valence-corrected chi connectivity index (χ3v) is 6.97. The molecule has 0 aliphatic heterocycles. The van der Waals surface area contributed by atoms with E-state index in [0.29, 0.717) is 5.52 Å². The highest BCUT2D eigenvalue weighted by Gasteiger charge is 2.32. The summed E-state index contributed by atoms with van der Waals surface area (Å²) in [6, 6.07) is 7.48. The highest BCUT2D eigenvalue weighted by atomic mass is 19.1. The van der Waals surface area contributed by atoms with E-state index in [0.717, 1.165) is 30.7 Å². The van der Waals surface area contributed by atoms with Crippen LogP contribution in [-0.2, 0) is 28.7 Å². The van der Waals surface area contributed by atoms with Crippen molar-refractivity contribution < 1.29 is 52.1 Å². The summed E-state index contributed by atoms with van der Waals surface area (Å²) in [6.45, 7) is 2.85. The summed E-state index contributed by atoms with van der Waals surface area (Å²) in [5.41, 5.74) is 0.617. The molecule has 1 heterocycles. The van der Waals surface area contributed by atoms with Crippen molar-refractivity contribution in [1.29, 1.82) is 0 Å². The van der Waals surface area contributed by atoms with Crippen LogP contribution in [0.2, 0.25) is 0 Å². The monoisotopic (exact) mass is 671 g/mol. The molecular formula is C32H35F2N5O9. The molecule has 16 heteroatoms. The van der Waals surface area contributed by atoms with Gasteiger partial charge in [0, 0.05) is 5.39 Å². The number of Topliss-reactive ketones (excluding diaryl/α,β-unsaturated/α-hetero) is 1. The third-order valence-electron chi connectivity index (χ3n) is 6.97. The largest absolute Gasteiger partial charge is 0.480 e. The number of halogens is 2. The van der Waals surface area contributed by atoms with Crippen LogP contribution in [0.5, 0.6) is 5.75 Å². The Hall–Kier alpha value is -5.51. The fourth-order valence-electron chi connectivity index (χ4n) is 4.24. The summed E-state index contributed by atoms with van der Waals surface area (Å²) in [5.74, 6) is -8.30. The molecule has 0 radical (unpaired) electrons. The lowest BCUT2D eigenvalue weighted by molar-refractivity contribution is -0.143. The number of carbonyl (C=O) groups is 6. The van der Waals surface area contributed by atoms with Crippen LogP contribution in [-0.4, -0.2) is 89.5 Å². The molecule has 5 unspecified atom stereocenters. The minimum Gasteiger partial charge on any atom is -0.480 e. The highest BCUT2D eigenvalue weighted by Crippen LogP contribution is 2.21. The number of nitrogens with one attached hydrogen (secondary N) is 4. The van der Waals surface area contributed by atoms with E-state index in [-0.39, 0.29) is 5.69 Å². The molecule has 2 aromatic carbocycles. The quantitative estimate of drug-likeness (QED) is 0.143. The zero-order chi connectivity index (χ0) is 35.5. The summed E-state index contributed by atoms with van der Waals surface area (Å²) in [4.78, 5) is 80.5. The van der Waals surface area contributed by atoms with Crippen LogP contribution in [0, 0.1) is 11.6 Å². The van der Waals surface area contributed by atoms with Gasteiger partial charge in [0.2, 0.25) is 17.7 Å². The Labute approximate surface area is 273 Å². The van der Waals surface area contributed by atoms with Gasteiger partial charge in [-0.25, -0.2) is 13.8 Å². The SMILES string of the molecule is COC(=O)CC(NC(=O)C(C)NC(=O)C(NC(=O)C(C)NC(=O)c1ccc2ccccc2n1)C(C)O)C(=O)COc1c(F)cccc1F. The van der Waals surface area contributed by atoms with Gasteiger partial charge >= 0.3 is 5.97 Å². The first kappa shape index (κ1) is 37.0. The second kappa shape index (κ2) is 16.9. The number of amides is 4. The molecule has 5 N–H and O–H groups in total. The normalized spacial score (nSPS) is 14.0. The van der Waals surface area contributed by atoms with Crippen molar-refractivity contribution in [2.75, 3.05) is 13.7 Å². The summed E-state index contributed by atoms with van der Waals surface area (Å²) < 4.78 is 37.3. The lowest BCUT2D eigenvalue weighted by Gasteiger charge is -2.25. The van der Waals surface area contributed by atoms with Crippen molar-refractivity contribution in [3.63, 3.8) is 0 Å². The van der Waals surface area contributed by atoms with Crippen LogP contribution in [0.1, 0.15) is 37.7 Å². The number of nitrogens with zero attached hydrogens (tertiary/aromatic N) is 1. The molecule has 0 fully saturated rings. The van der Waals surface area contributed by atoms with Gasteiger partial charge in [-0.1, -0.05) is 30.3 Å². The van der Waals surface area contributed by atoms with Crippen molar-refractivity contribution in [1.82, 2.24) is 26.3 Å². The van der Waals surface area contributed by atoms with Crippen LogP contribution in [0.4, 0.5) is 8.78 Å². The van der Waals surface area contributed by atoms with E-state index >= 15 is 0 Å². The standard InChI is InChI=1S/C32H35F2N5O9/c1-16(29(43)38-24(14-26(42)47-4)25(41)15-48-28-20(33)9-7-10-21(28)34)36-32(46)27(18(3)40)39-30(44)17(2)35-31(45)23-13-12-19-8-5-6-11-22(19)37-23/h5-13,16-18,24,27,40H,14-15H2,1-4H3,(H,35,45)(H,36,46)(H,38,43)(H,39,44). The average molecular weight is 672 g/mol. The number of aromatic nitrogens is 1. The Kier molecular flexibility index (Phi) is 13.0. The van der Waals surface area contributed by atoms with Gasteiger partial charge in [-0.15, -0.1) is 0 Å². The lowest BCUT2D eigenvalue weighted by atomic mass is 10.1. The minimum absolute atomic E-state index is 0.0490. The van der Waals surface area contributed by atoms with Crippen LogP contribution in [0.15, 0.2) is 54.6 Å². The number of aliphatic hydroxyl groups is 1. The van der Waals surface area contributed by atoms with E-state index in [9.17, 15) is 42.7 Å². The van der Waals surface area contributed by atoms with Crippen molar-refractivity contribution in [2.24, 2.45) is 0 Å². The Morgan fingerprint density at radius 3 is 2.06 bits per heavy atom. The van der Waals surface area contributed by atoms with E-state index in [4.69, 9.17) is 4.74 Å². The van der Waals surface area contributed by atoms with Gasteiger partial charge in [0.05, 0.1) is 25.2 Å². The summed E-state index contributed by atoms with van der Waals surface area (Å²) in [5, 5.41) is 20.4. The highest BCUT2D eigenvalue weighted by molar-refractivity contribution is 5.99. The van der Waals surface area contributed by atoms with Crippen molar-refractivity contribution in [3.8, 4) is 5.75 Å². The summed E-state index contributed by atoms with van der Waals surface area (Å²) in [7, 11) is 1.04. The Morgan fingerprint density at radius 2 is 1.42 bits per heavy atom. The van der Waals surface area contributed by atoms with Gasteiger partial charge in [0.1, 0.15) is 36.5 Å². The Morgan fingerprint density at radius 1 is 0.792 bits per heavy atom. The molecule has 1 aromatic heterocycles. The maximum Gasteiger partial charge on any atom is 0.308 e. The number of pyridine rings is 1. The molecule has 5 atom stereocenters. The number of methoxy groups -OCH3 is 1. The molecule has 0 saturated heterocycles. The number of benzene rings is 2. The first-order valence-corrected chi connectivity index (χ1v) is 14.6. The molecule has 48 heavy (non-hydrogen) atoms. The number of rotatable bonds is 15. The van der Waals surface area contributed by atoms with Crippen LogP contribution in [0.3, 0.4) is 0 Å². The number of ether oxygens (including phenoxy) is 2. The van der Waals surface area contributed by atoms with Gasteiger partial charge in [-0.2, -0.15) is 0 Å². The first-order valence-electron chi connectivity index (χ1n) is 14.6. The predicted octanol–water partition coefficient (Wildman–Crippen LogP) is 0.698. The number of fused-ring (bicyclic) bond motifs is 1. The lowest BCUT2D eigenvalue weighted by Crippen LogP contribution is -2.59. The fraction of sp³-hybridized carbons (Fsp3) is 0.344. The van der Waals surface area contributed by atoms with Crippen LogP contribution in [0.25, 0.3) is 10.9 Å². The molecule has 0 aliphatic rings. The fourth-order valence-corrected chi connectivity index (χ4v) is 4.24. The second-order valence-electron chi connectivity index (χ2n) is 10.7. The predicted molar refractivity (Wildman–Crippen MR) is 165 cm³/mol. The first-order chi connectivity index (χ1) is 22.7. The van der Waals surface area contributed by atoms with Gasteiger partial charge in [0.25, 0.3) is 5.91 Å². The van der Waals surface area contributed by atoms with Crippen LogP contribution >= 0.6 is 0 Å². The number of esters is 1. The molecule has 0 saturated carbocycles. The van der Waals surface area contributed by atoms with Gasteiger partial charge in [-0.05, 0) is 45.0 Å². The van der Waals surface area contributed by atoms with E-state index in [1.807, 2.05) is 12.1 Å². The van der Waals surface area contributed by atoms with Gasteiger partial charge < -0.3 is 35.8 Å². The zero-order valence-corrected chi connectivity index (χ0v) is 26.4. The number of hydrogen-bond donors (Lipinski definition) is 5. The average Bonchev–Trinajstić information content (AvgIpc) is 3.05. The van der Waals surface area contributed by atoms with Gasteiger partial charge in [0.15, 0.2) is 23.2 Å². The summed E-state index contributed by atoms with van der Waals surface area (Å²) in [6.07, 6.45) is -2.13. The molecule has 0 aliphatic carbocycles. The molecule has 14 nitrogen and oxygen atoms in total. The third kappa shape index (κ3) is 9.99. The van der Waals surface area contributed by atoms with E-state index < -0.39 is 96.1 Å². The van der Waals surface area contributed by atoms with Crippen molar-refractivity contribution in [2.45, 2.75) is 57.5 Å². The molecule has 256 valence electrons. The van der Waals surface area contributed by atoms with Crippen molar-refractivity contribution in [3.05, 3.63) is 71.9 Å². The topological polar surface area (TPSA) is 202 Å². The van der Waals surface area contributed by atoms with E-state index in [2.05, 4.69) is 31.0 Å². The van der Waals surface area contributed by atoms with E-state index in [1.165, 1.54) is 26.8 Å². The maximum atomic E-state index is 13.9. The van der Waals surface area contributed by atoms with E-state index in [1.54, 1.807) is 18.2 Å². The molecule has 4 amide bonds. The number of hydrogen-bond acceptors (Lipinski definition) is 10. The molecular weight excluding hydrogens is 636 g/mol.